The molecule has 0 aliphatic rings. The lowest BCUT2D eigenvalue weighted by Crippen LogP contribution is -2.43. The van der Waals surface area contributed by atoms with E-state index in [1.807, 2.05) is 0 Å². The molecule has 0 aliphatic carbocycles. The molecule has 2 rings (SSSR count). The maximum Gasteiger partial charge on any atom is 0.408 e. The molecule has 0 spiro atoms. The number of benzene rings is 1. The van der Waals surface area contributed by atoms with E-state index in [1.165, 1.54) is 25.7 Å². The maximum atomic E-state index is 12.9. The minimum atomic E-state index is -4.43. The number of carbonyl (C=O) groups excluding carboxylic acids is 1. The molecule has 0 bridgehead atoms. The zero-order valence-corrected chi connectivity index (χ0v) is 15.8. The van der Waals surface area contributed by atoms with Crippen LogP contribution in [0.2, 0.25) is 0 Å². The van der Waals surface area contributed by atoms with Crippen molar-refractivity contribution in [1.82, 2.24) is 14.7 Å². The number of amides is 1. The van der Waals surface area contributed by atoms with Gasteiger partial charge in [-0.2, -0.15) is 18.3 Å². The highest BCUT2D eigenvalue weighted by Crippen LogP contribution is 2.22. The second kappa shape index (κ2) is 8.45. The number of carboxylic acid groups (broad SMARTS) is 1. The Hall–Kier alpha value is -2.84. The summed E-state index contributed by atoms with van der Waals surface area (Å²) in [5.74, 6) is -1.65. The Morgan fingerprint density at radius 1 is 1.21 bits per heavy atom. The van der Waals surface area contributed by atoms with E-state index in [1.54, 1.807) is 30.3 Å². The SMILES string of the molecule is Cc1nn(CC(F)(F)F)c(C)c1CC(=O)N(Cc1ccccc1)C(C)C(=O)O. The van der Waals surface area contributed by atoms with Gasteiger partial charge in [-0.15, -0.1) is 0 Å². The van der Waals surface area contributed by atoms with Crippen LogP contribution in [0, 0.1) is 13.8 Å². The molecular weight excluding hydrogens is 375 g/mol. The molecule has 0 saturated heterocycles. The number of carboxylic acids is 1. The van der Waals surface area contributed by atoms with Crippen molar-refractivity contribution >= 4 is 11.9 Å². The first-order chi connectivity index (χ1) is 13.0. The Morgan fingerprint density at radius 2 is 1.82 bits per heavy atom. The molecular formula is C19H22F3N3O3. The summed E-state index contributed by atoms with van der Waals surface area (Å²) < 4.78 is 38.9. The van der Waals surface area contributed by atoms with E-state index in [4.69, 9.17) is 0 Å². The zero-order valence-electron chi connectivity index (χ0n) is 15.8. The Labute approximate surface area is 160 Å². The minimum absolute atomic E-state index is 0.0852. The lowest BCUT2D eigenvalue weighted by atomic mass is 10.1. The lowest BCUT2D eigenvalue weighted by Gasteiger charge is -2.27. The molecule has 1 amide bonds. The number of hydrogen-bond donors (Lipinski definition) is 1. The van der Waals surface area contributed by atoms with Gasteiger partial charge in [0, 0.05) is 17.8 Å². The summed E-state index contributed by atoms with van der Waals surface area (Å²) >= 11 is 0. The van der Waals surface area contributed by atoms with Gasteiger partial charge in [-0.1, -0.05) is 30.3 Å². The molecule has 1 heterocycles. The van der Waals surface area contributed by atoms with Crippen molar-refractivity contribution in [2.24, 2.45) is 0 Å². The van der Waals surface area contributed by atoms with E-state index in [2.05, 4.69) is 5.10 Å². The van der Waals surface area contributed by atoms with Crippen LogP contribution in [-0.4, -0.2) is 43.9 Å². The number of halogens is 3. The van der Waals surface area contributed by atoms with Crippen LogP contribution >= 0.6 is 0 Å². The highest BCUT2D eigenvalue weighted by Gasteiger charge is 2.31. The number of aromatic nitrogens is 2. The first-order valence-corrected chi connectivity index (χ1v) is 8.65. The Balaban J connectivity index is 2.27. The number of alkyl halides is 3. The third-order valence-corrected chi connectivity index (χ3v) is 4.53. The number of aryl methyl sites for hydroxylation is 1. The summed E-state index contributed by atoms with van der Waals surface area (Å²) in [7, 11) is 0. The van der Waals surface area contributed by atoms with Crippen molar-refractivity contribution in [3.05, 3.63) is 52.8 Å². The Bertz CT molecular complexity index is 847. The van der Waals surface area contributed by atoms with Crippen LogP contribution in [0.4, 0.5) is 13.2 Å². The lowest BCUT2D eigenvalue weighted by molar-refractivity contribution is -0.149. The van der Waals surface area contributed by atoms with E-state index >= 15 is 0 Å². The van der Waals surface area contributed by atoms with Crippen LogP contribution in [0.25, 0.3) is 0 Å². The molecule has 6 nitrogen and oxygen atoms in total. The van der Waals surface area contributed by atoms with Gasteiger partial charge in [-0.3, -0.25) is 9.48 Å². The predicted molar refractivity (Wildman–Crippen MR) is 95.5 cm³/mol. The van der Waals surface area contributed by atoms with Crippen LogP contribution in [0.15, 0.2) is 30.3 Å². The summed E-state index contributed by atoms with van der Waals surface area (Å²) in [4.78, 5) is 25.5. The number of nitrogens with zero attached hydrogens (tertiary/aromatic N) is 3. The molecule has 28 heavy (non-hydrogen) atoms. The monoisotopic (exact) mass is 397 g/mol. The van der Waals surface area contributed by atoms with Crippen molar-refractivity contribution in [3.8, 4) is 0 Å². The van der Waals surface area contributed by atoms with Crippen LogP contribution in [-0.2, 0) is 29.1 Å². The van der Waals surface area contributed by atoms with Gasteiger partial charge in [-0.25, -0.2) is 4.79 Å². The predicted octanol–water partition coefficient (Wildman–Crippen LogP) is 3.11. The van der Waals surface area contributed by atoms with E-state index in [0.29, 0.717) is 11.3 Å². The molecule has 152 valence electrons. The molecule has 1 aromatic carbocycles. The quantitative estimate of drug-likeness (QED) is 0.779. The van der Waals surface area contributed by atoms with E-state index in [0.717, 1.165) is 10.2 Å². The van der Waals surface area contributed by atoms with Crippen LogP contribution < -0.4 is 0 Å². The molecule has 9 heteroatoms. The fourth-order valence-electron chi connectivity index (χ4n) is 2.92. The second-order valence-corrected chi connectivity index (χ2v) is 6.62. The molecule has 0 saturated carbocycles. The van der Waals surface area contributed by atoms with Crippen molar-refractivity contribution < 1.29 is 27.9 Å². The van der Waals surface area contributed by atoms with Crippen molar-refractivity contribution in [2.75, 3.05) is 0 Å². The van der Waals surface area contributed by atoms with Gasteiger partial charge in [0.2, 0.25) is 5.91 Å². The zero-order chi connectivity index (χ0) is 21.1. The van der Waals surface area contributed by atoms with Gasteiger partial charge in [-0.05, 0) is 26.3 Å². The average molecular weight is 397 g/mol. The van der Waals surface area contributed by atoms with E-state index < -0.39 is 30.6 Å². The molecule has 1 N–H and O–H groups in total. The topological polar surface area (TPSA) is 75.4 Å². The van der Waals surface area contributed by atoms with Crippen molar-refractivity contribution in [3.63, 3.8) is 0 Å². The highest BCUT2D eigenvalue weighted by atomic mass is 19.4. The molecule has 0 radical (unpaired) electrons. The Morgan fingerprint density at radius 3 is 2.36 bits per heavy atom. The Kier molecular flexibility index (Phi) is 6.48. The third kappa shape index (κ3) is 5.34. The fourth-order valence-corrected chi connectivity index (χ4v) is 2.92. The fraction of sp³-hybridized carbons (Fsp3) is 0.421. The van der Waals surface area contributed by atoms with Gasteiger partial charge >= 0.3 is 12.1 Å². The van der Waals surface area contributed by atoms with Crippen LogP contribution in [0.3, 0.4) is 0 Å². The van der Waals surface area contributed by atoms with Crippen molar-refractivity contribution in [2.45, 2.75) is 52.5 Å². The molecule has 1 unspecified atom stereocenters. The van der Waals surface area contributed by atoms with Gasteiger partial charge < -0.3 is 10.0 Å². The number of hydrogen-bond acceptors (Lipinski definition) is 3. The highest BCUT2D eigenvalue weighted by molar-refractivity contribution is 5.85. The number of carbonyl (C=O) groups is 2. The largest absolute Gasteiger partial charge is 0.480 e. The first kappa shape index (κ1) is 21.5. The van der Waals surface area contributed by atoms with Crippen LogP contribution in [0.1, 0.15) is 29.4 Å². The maximum absolute atomic E-state index is 12.9. The van der Waals surface area contributed by atoms with Gasteiger partial charge in [0.15, 0.2) is 0 Å². The van der Waals surface area contributed by atoms with E-state index in [9.17, 15) is 27.9 Å². The summed E-state index contributed by atoms with van der Waals surface area (Å²) in [6.07, 6.45) is -4.65. The first-order valence-electron chi connectivity index (χ1n) is 8.65. The second-order valence-electron chi connectivity index (χ2n) is 6.62. The van der Waals surface area contributed by atoms with Gasteiger partial charge in [0.05, 0.1) is 12.1 Å². The molecule has 0 aliphatic heterocycles. The normalized spacial score (nSPS) is 12.6. The summed E-state index contributed by atoms with van der Waals surface area (Å²) in [5.41, 5.74) is 1.69. The minimum Gasteiger partial charge on any atom is -0.480 e. The number of aliphatic carboxylic acids is 1. The van der Waals surface area contributed by atoms with E-state index in [-0.39, 0.29) is 18.7 Å². The molecule has 1 atom stereocenters. The van der Waals surface area contributed by atoms with Gasteiger partial charge in [0.1, 0.15) is 12.6 Å². The molecule has 2 aromatic rings. The van der Waals surface area contributed by atoms with Gasteiger partial charge in [0.25, 0.3) is 0 Å². The summed E-state index contributed by atoms with van der Waals surface area (Å²) in [6, 6.07) is 7.81. The average Bonchev–Trinajstić information content (AvgIpc) is 2.85. The smallest absolute Gasteiger partial charge is 0.408 e. The standard InChI is InChI=1S/C19H22F3N3O3/c1-12-16(13(2)25(23-12)11-19(20,21)22)9-17(26)24(14(3)18(27)28)10-15-7-5-4-6-8-15/h4-8,14H,9-11H2,1-3H3,(H,27,28). The van der Waals surface area contributed by atoms with Crippen molar-refractivity contribution in [1.29, 1.82) is 0 Å². The summed E-state index contributed by atoms with van der Waals surface area (Å²) in [6.45, 7) is 3.24. The molecule has 1 aromatic heterocycles. The van der Waals surface area contributed by atoms with Crippen LogP contribution in [0.5, 0.6) is 0 Å². The third-order valence-electron chi connectivity index (χ3n) is 4.53. The molecule has 0 fully saturated rings. The summed E-state index contributed by atoms with van der Waals surface area (Å²) in [5, 5.41) is 13.2. The number of rotatable bonds is 7.